The molecule has 0 fully saturated rings. The lowest BCUT2D eigenvalue weighted by molar-refractivity contribution is 0.580. The number of sulfonamides is 1. The van der Waals surface area contributed by atoms with Crippen molar-refractivity contribution in [3.63, 3.8) is 0 Å². The van der Waals surface area contributed by atoms with Crippen molar-refractivity contribution in [2.75, 3.05) is 0 Å². The van der Waals surface area contributed by atoms with Gasteiger partial charge < -0.3 is 0 Å². The van der Waals surface area contributed by atoms with Crippen LogP contribution in [0.15, 0.2) is 59.5 Å². The second-order valence-corrected chi connectivity index (χ2v) is 7.84. The molecule has 0 unspecified atom stereocenters. The maximum absolute atomic E-state index is 13.0. The van der Waals surface area contributed by atoms with Gasteiger partial charge in [0.2, 0.25) is 10.0 Å². The number of nitrogens with zero attached hydrogens (tertiary/aromatic N) is 2. The van der Waals surface area contributed by atoms with Crippen LogP contribution in [0.25, 0.3) is 0 Å². The highest BCUT2D eigenvalue weighted by atomic mass is 32.2. The lowest BCUT2D eigenvalue weighted by Gasteiger charge is -2.08. The summed E-state index contributed by atoms with van der Waals surface area (Å²) in [5.41, 5.74) is 3.65. The smallest absolute Gasteiger partial charge is 0.240 e. The van der Waals surface area contributed by atoms with Crippen LogP contribution < -0.4 is 4.72 Å². The summed E-state index contributed by atoms with van der Waals surface area (Å²) in [6.07, 6.45) is 0. The average Bonchev–Trinajstić information content (AvgIpc) is 2.88. The normalized spacial score (nSPS) is 11.7. The number of hydrogen-bond donors (Lipinski definition) is 1. The van der Waals surface area contributed by atoms with E-state index < -0.39 is 15.8 Å². The third-order valence-electron chi connectivity index (χ3n) is 4.27. The molecule has 7 heteroatoms. The maximum atomic E-state index is 13.0. The molecule has 1 N–H and O–H groups in total. The number of aromatic nitrogens is 2. The fraction of sp³-hybridized carbons (Fsp3) is 0.211. The highest BCUT2D eigenvalue weighted by molar-refractivity contribution is 7.89. The first kappa shape index (κ1) is 18.3. The second-order valence-electron chi connectivity index (χ2n) is 6.07. The van der Waals surface area contributed by atoms with Crippen LogP contribution in [0.1, 0.15) is 22.5 Å². The molecule has 0 bridgehead atoms. The Bertz CT molecular complexity index is 997. The molecule has 5 nitrogen and oxygen atoms in total. The van der Waals surface area contributed by atoms with Crippen molar-refractivity contribution in [1.29, 1.82) is 0 Å². The second kappa shape index (κ2) is 7.39. The molecule has 0 atom stereocenters. The van der Waals surface area contributed by atoms with Gasteiger partial charge in [0.1, 0.15) is 5.82 Å². The van der Waals surface area contributed by atoms with Gasteiger partial charge in [-0.2, -0.15) is 5.10 Å². The van der Waals surface area contributed by atoms with Crippen molar-refractivity contribution in [2.24, 2.45) is 0 Å². The van der Waals surface area contributed by atoms with Crippen LogP contribution in [0.5, 0.6) is 0 Å². The van der Waals surface area contributed by atoms with Crippen molar-refractivity contribution >= 4 is 10.0 Å². The van der Waals surface area contributed by atoms with Gasteiger partial charge in [0.15, 0.2) is 0 Å². The van der Waals surface area contributed by atoms with Crippen LogP contribution in [0.3, 0.4) is 0 Å². The van der Waals surface area contributed by atoms with E-state index >= 15 is 0 Å². The Balaban J connectivity index is 1.77. The maximum Gasteiger partial charge on any atom is 0.240 e. The van der Waals surface area contributed by atoms with E-state index in [0.717, 1.165) is 34.6 Å². The van der Waals surface area contributed by atoms with E-state index in [9.17, 15) is 12.8 Å². The lowest BCUT2D eigenvalue weighted by atomic mass is 10.2. The minimum atomic E-state index is -3.71. The number of aryl methyl sites for hydroxylation is 1. The Morgan fingerprint density at radius 1 is 1.04 bits per heavy atom. The molecule has 0 aliphatic heterocycles. The number of benzene rings is 2. The van der Waals surface area contributed by atoms with Gasteiger partial charge in [-0.05, 0) is 43.7 Å². The van der Waals surface area contributed by atoms with E-state index in [2.05, 4.69) is 9.82 Å². The zero-order chi connectivity index (χ0) is 18.7. The largest absolute Gasteiger partial charge is 0.265 e. The monoisotopic (exact) mass is 373 g/mol. The van der Waals surface area contributed by atoms with E-state index in [1.165, 1.54) is 12.1 Å². The predicted molar refractivity (Wildman–Crippen MR) is 97.7 cm³/mol. The summed E-state index contributed by atoms with van der Waals surface area (Å²) in [6.45, 7) is 4.53. The number of rotatable bonds is 6. The summed E-state index contributed by atoms with van der Waals surface area (Å²) in [7, 11) is -3.71. The molecule has 0 radical (unpaired) electrons. The molecule has 0 spiro atoms. The summed E-state index contributed by atoms with van der Waals surface area (Å²) < 4.78 is 42.2. The topological polar surface area (TPSA) is 64.0 Å². The van der Waals surface area contributed by atoms with Crippen molar-refractivity contribution in [1.82, 2.24) is 14.5 Å². The van der Waals surface area contributed by atoms with Gasteiger partial charge in [-0.3, -0.25) is 4.68 Å². The minimum Gasteiger partial charge on any atom is -0.265 e. The molecule has 0 saturated heterocycles. The zero-order valence-electron chi connectivity index (χ0n) is 14.6. The fourth-order valence-electron chi connectivity index (χ4n) is 2.76. The third kappa shape index (κ3) is 4.00. The molecule has 0 aliphatic carbocycles. The average molecular weight is 373 g/mol. The molecule has 3 aromatic rings. The van der Waals surface area contributed by atoms with Crippen molar-refractivity contribution in [2.45, 2.75) is 31.8 Å². The van der Waals surface area contributed by atoms with Crippen LogP contribution in [0.2, 0.25) is 0 Å². The van der Waals surface area contributed by atoms with Gasteiger partial charge in [-0.25, -0.2) is 17.5 Å². The molecular weight excluding hydrogens is 353 g/mol. The van der Waals surface area contributed by atoms with Crippen molar-refractivity contribution in [3.8, 4) is 0 Å². The fourth-order valence-corrected chi connectivity index (χ4v) is 3.76. The summed E-state index contributed by atoms with van der Waals surface area (Å²) in [5, 5.41) is 4.52. The van der Waals surface area contributed by atoms with E-state index in [-0.39, 0.29) is 11.4 Å². The minimum absolute atomic E-state index is 0.0332. The molecule has 3 rings (SSSR count). The Kier molecular flexibility index (Phi) is 5.20. The van der Waals surface area contributed by atoms with E-state index in [4.69, 9.17) is 0 Å². The third-order valence-corrected chi connectivity index (χ3v) is 5.69. The van der Waals surface area contributed by atoms with Crippen LogP contribution in [0, 0.1) is 19.7 Å². The molecule has 0 saturated carbocycles. The van der Waals surface area contributed by atoms with Gasteiger partial charge in [0.05, 0.1) is 17.1 Å². The first-order valence-corrected chi connectivity index (χ1v) is 9.67. The van der Waals surface area contributed by atoms with E-state index in [1.54, 1.807) is 0 Å². The van der Waals surface area contributed by atoms with Gasteiger partial charge in [0.25, 0.3) is 0 Å². The van der Waals surface area contributed by atoms with Gasteiger partial charge in [-0.1, -0.05) is 30.3 Å². The van der Waals surface area contributed by atoms with E-state index in [0.29, 0.717) is 6.54 Å². The zero-order valence-corrected chi connectivity index (χ0v) is 15.4. The van der Waals surface area contributed by atoms with Crippen LogP contribution in [-0.4, -0.2) is 18.2 Å². The SMILES string of the molecule is Cc1nn(Cc2ccccc2)c(C)c1CNS(=O)(=O)c1ccc(F)cc1. The number of halogens is 1. The Morgan fingerprint density at radius 3 is 2.35 bits per heavy atom. The first-order valence-electron chi connectivity index (χ1n) is 8.19. The Labute approximate surface area is 152 Å². The predicted octanol–water partition coefficient (Wildman–Crippen LogP) is 3.17. The molecular formula is C19H20FN3O2S. The molecule has 0 amide bonds. The number of hydrogen-bond acceptors (Lipinski definition) is 3. The molecule has 2 aromatic carbocycles. The van der Waals surface area contributed by atoms with Gasteiger partial charge in [-0.15, -0.1) is 0 Å². The summed E-state index contributed by atoms with van der Waals surface area (Å²) in [5.74, 6) is -0.474. The Hall–Kier alpha value is -2.51. The van der Waals surface area contributed by atoms with Crippen LogP contribution in [0.4, 0.5) is 4.39 Å². The van der Waals surface area contributed by atoms with Crippen LogP contribution in [-0.2, 0) is 23.1 Å². The molecule has 26 heavy (non-hydrogen) atoms. The molecule has 0 aliphatic rings. The molecule has 1 aromatic heterocycles. The summed E-state index contributed by atoms with van der Waals surface area (Å²) >= 11 is 0. The highest BCUT2D eigenvalue weighted by Gasteiger charge is 2.17. The van der Waals surface area contributed by atoms with Gasteiger partial charge in [0, 0.05) is 17.8 Å². The summed E-state index contributed by atoms with van der Waals surface area (Å²) in [6, 6.07) is 14.7. The standard InChI is InChI=1S/C19H20FN3O2S/c1-14-19(12-21-26(24,25)18-10-8-17(20)9-11-18)15(2)23(22-14)13-16-6-4-3-5-7-16/h3-11,21H,12-13H2,1-2H3. The summed E-state index contributed by atoms with van der Waals surface area (Å²) in [4.78, 5) is 0.0332. The van der Waals surface area contributed by atoms with Crippen LogP contribution >= 0.6 is 0 Å². The Morgan fingerprint density at radius 2 is 1.69 bits per heavy atom. The first-order chi connectivity index (χ1) is 12.4. The number of nitrogens with one attached hydrogen (secondary N) is 1. The quantitative estimate of drug-likeness (QED) is 0.722. The molecule has 136 valence electrons. The molecule has 1 heterocycles. The van der Waals surface area contributed by atoms with Crippen molar-refractivity contribution in [3.05, 3.63) is 82.9 Å². The van der Waals surface area contributed by atoms with Crippen molar-refractivity contribution < 1.29 is 12.8 Å². The lowest BCUT2D eigenvalue weighted by Crippen LogP contribution is -2.23. The van der Waals surface area contributed by atoms with E-state index in [1.807, 2.05) is 48.9 Å². The van der Waals surface area contributed by atoms with Gasteiger partial charge >= 0.3 is 0 Å². The highest BCUT2D eigenvalue weighted by Crippen LogP contribution is 2.16.